The van der Waals surface area contributed by atoms with Crippen LogP contribution in [0.4, 0.5) is 0 Å². The van der Waals surface area contributed by atoms with E-state index in [9.17, 15) is 0 Å². The van der Waals surface area contributed by atoms with Gasteiger partial charge in [-0.25, -0.2) is 0 Å². The minimum atomic E-state index is -5.88. The van der Waals surface area contributed by atoms with Crippen molar-refractivity contribution < 1.29 is 36.4 Å². The third kappa shape index (κ3) is 91.9. The van der Waals surface area contributed by atoms with Gasteiger partial charge < -0.3 is 0 Å². The maximum absolute atomic E-state index is 8.61. The van der Waals surface area contributed by atoms with E-state index in [0.717, 1.165) is 0 Å². The predicted molar refractivity (Wildman–Crippen MR) is 6.44 cm³/mol. The average molecular weight is 245 g/mol. The molecule has 0 heterocycles. The van der Waals surface area contributed by atoms with Crippen LogP contribution in [0.3, 0.4) is 0 Å². The molecule has 0 bridgehead atoms. The fourth-order valence-electron chi connectivity index (χ4n) is 0. The quantitative estimate of drug-likeness (QED) is 0.406. The van der Waals surface area contributed by atoms with Gasteiger partial charge in [0.2, 0.25) is 0 Å². The van der Waals surface area contributed by atoms with E-state index in [1.807, 2.05) is 0 Å². The summed E-state index contributed by atoms with van der Waals surface area (Å²) in [5.74, 6) is 0. The fourth-order valence-corrected chi connectivity index (χ4v) is 0. The molecule has 0 atom stereocenters. The van der Waals surface area contributed by atoms with Gasteiger partial charge in [-0.05, 0) is 0 Å². The van der Waals surface area contributed by atoms with E-state index >= 15 is 0 Å². The number of rotatable bonds is 0. The standard InChI is InChI=1S/AsH3O4.Pd/c2-1(3,4)5;/h(H3,2,3,4,5);/p-3. The molecule has 0 N–H and O–H groups in total. The van der Waals surface area contributed by atoms with Crippen LogP contribution in [0.5, 0.6) is 0 Å². The summed E-state index contributed by atoms with van der Waals surface area (Å²) in [5, 5.41) is 0. The van der Waals surface area contributed by atoms with Gasteiger partial charge >= 0.3 is 30.5 Å². The van der Waals surface area contributed by atoms with Gasteiger partial charge in [-0.15, -0.1) is 0 Å². The Morgan fingerprint density at radius 1 is 1.17 bits per heavy atom. The van der Waals surface area contributed by atoms with Crippen LogP contribution in [-0.2, 0) is 24.2 Å². The SMILES string of the molecule is O=[As]([O-])([O-])[O-].[Pd]. The molecule has 0 amide bonds. The first kappa shape index (κ1) is 10.0. The number of hydrogen-bond donors (Lipinski definition) is 0. The van der Waals surface area contributed by atoms with Crippen molar-refractivity contribution in [3.63, 3.8) is 0 Å². The summed E-state index contributed by atoms with van der Waals surface area (Å²) in [4.78, 5) is 0. The smallest absolute Gasteiger partial charge is 0 e. The zero-order valence-corrected chi connectivity index (χ0v) is 5.83. The monoisotopic (exact) mass is 245 g/mol. The van der Waals surface area contributed by atoms with Crippen molar-refractivity contribution in [1.29, 1.82) is 0 Å². The molecule has 0 fully saturated rings. The van der Waals surface area contributed by atoms with E-state index in [0.29, 0.717) is 0 Å². The summed E-state index contributed by atoms with van der Waals surface area (Å²) in [6, 6.07) is 0. The first-order chi connectivity index (χ1) is 2.00. The summed E-state index contributed by atoms with van der Waals surface area (Å²) >= 11 is -5.88. The van der Waals surface area contributed by atoms with Crippen molar-refractivity contribution >= 4 is 14.5 Å². The Hall–Kier alpha value is 0.901. The second-order valence-electron chi connectivity index (χ2n) is 0.447. The minimum absolute atomic E-state index is 0. The number of hydrogen-bond acceptors (Lipinski definition) is 4. The molecule has 0 saturated heterocycles. The van der Waals surface area contributed by atoms with E-state index in [1.54, 1.807) is 0 Å². The molecule has 0 aromatic carbocycles. The molecular weight excluding hydrogens is 245 g/mol. The Morgan fingerprint density at radius 3 is 1.17 bits per heavy atom. The first-order valence-corrected chi connectivity index (χ1v) is 3.79. The van der Waals surface area contributed by atoms with Gasteiger partial charge in [-0.3, -0.25) is 0 Å². The minimum Gasteiger partial charge on any atom is 0 e. The Labute approximate surface area is 51.2 Å². The molecule has 0 aromatic heterocycles. The van der Waals surface area contributed by atoms with Crippen LogP contribution in [0, 0.1) is 0 Å². The summed E-state index contributed by atoms with van der Waals surface area (Å²) in [6.45, 7) is 0. The van der Waals surface area contributed by atoms with E-state index in [-0.39, 0.29) is 20.4 Å². The maximum Gasteiger partial charge on any atom is 0 e. The third-order valence-corrected chi connectivity index (χ3v) is 0. The molecule has 0 aliphatic carbocycles. The Balaban J connectivity index is 0. The molecule has 0 rings (SSSR count). The van der Waals surface area contributed by atoms with Crippen LogP contribution in [0.25, 0.3) is 0 Å². The summed E-state index contributed by atoms with van der Waals surface area (Å²) in [6.07, 6.45) is 0. The Morgan fingerprint density at radius 2 is 1.17 bits per heavy atom. The van der Waals surface area contributed by atoms with Crippen LogP contribution in [0.1, 0.15) is 0 Å². The fraction of sp³-hybridized carbons (Fsp3) is 0. The van der Waals surface area contributed by atoms with Crippen molar-refractivity contribution in [3.8, 4) is 0 Å². The van der Waals surface area contributed by atoms with Gasteiger partial charge in [0.05, 0.1) is 0 Å². The summed E-state index contributed by atoms with van der Waals surface area (Å²) in [7, 11) is 0. The van der Waals surface area contributed by atoms with Crippen molar-refractivity contribution in [2.45, 2.75) is 0 Å². The van der Waals surface area contributed by atoms with E-state index in [1.165, 1.54) is 0 Å². The average Bonchev–Trinajstić information content (AvgIpc) is 0.722. The molecule has 0 aromatic rings. The van der Waals surface area contributed by atoms with Crippen LogP contribution in [-0.4, -0.2) is 14.5 Å². The molecule has 0 aliphatic rings. The molecule has 0 saturated carbocycles. The maximum atomic E-state index is 8.61. The summed E-state index contributed by atoms with van der Waals surface area (Å²) < 4.78 is 34.4. The van der Waals surface area contributed by atoms with Gasteiger partial charge in [-0.2, -0.15) is 0 Å². The van der Waals surface area contributed by atoms with Gasteiger partial charge in [0, 0.05) is 20.4 Å². The van der Waals surface area contributed by atoms with Gasteiger partial charge in [0.1, 0.15) is 0 Å². The predicted octanol–water partition coefficient (Wildman–Crippen LogP) is -4.07. The topological polar surface area (TPSA) is 86.2 Å². The van der Waals surface area contributed by atoms with Gasteiger partial charge in [-0.1, -0.05) is 0 Å². The zero-order valence-electron chi connectivity index (χ0n) is 2.40. The molecule has 6 heavy (non-hydrogen) atoms. The van der Waals surface area contributed by atoms with Crippen LogP contribution in [0.2, 0.25) is 0 Å². The van der Waals surface area contributed by atoms with Gasteiger partial charge in [0.25, 0.3) is 0 Å². The third-order valence-electron chi connectivity index (χ3n) is 0. The molecule has 0 aliphatic heterocycles. The van der Waals surface area contributed by atoms with Crippen LogP contribution >= 0.6 is 0 Å². The molecule has 6 heteroatoms. The molecule has 4 nitrogen and oxygen atoms in total. The van der Waals surface area contributed by atoms with Crippen molar-refractivity contribution in [2.24, 2.45) is 0 Å². The molecule has 0 spiro atoms. The Kier molecular flexibility index (Phi) is 4.96. The summed E-state index contributed by atoms with van der Waals surface area (Å²) in [5.41, 5.74) is 0. The van der Waals surface area contributed by atoms with Gasteiger partial charge in [0.15, 0.2) is 0 Å². The van der Waals surface area contributed by atoms with E-state index in [2.05, 4.69) is 0 Å². The van der Waals surface area contributed by atoms with Crippen molar-refractivity contribution in [2.75, 3.05) is 0 Å². The Bertz CT molecular complexity index is 53.7. The van der Waals surface area contributed by atoms with E-state index < -0.39 is 14.5 Å². The second-order valence-corrected chi connectivity index (χ2v) is 2.32. The van der Waals surface area contributed by atoms with Crippen LogP contribution < -0.4 is 12.3 Å². The van der Waals surface area contributed by atoms with Crippen LogP contribution in [0.15, 0.2) is 0 Å². The molecular formula is AsO4Pd-3. The molecule has 0 unspecified atom stereocenters. The normalized spacial score (nSPS) is 9.83. The van der Waals surface area contributed by atoms with Crippen molar-refractivity contribution in [3.05, 3.63) is 0 Å². The molecule has 0 radical (unpaired) electrons. The second kappa shape index (κ2) is 2.98. The first-order valence-electron chi connectivity index (χ1n) is 0.730. The van der Waals surface area contributed by atoms with E-state index in [4.69, 9.17) is 16.0 Å². The zero-order chi connectivity index (χ0) is 4.50. The largest absolute Gasteiger partial charge is 0 e. The molecule has 42 valence electrons. The van der Waals surface area contributed by atoms with Crippen molar-refractivity contribution in [1.82, 2.24) is 0 Å².